The van der Waals surface area contributed by atoms with E-state index < -0.39 is 6.29 Å². The van der Waals surface area contributed by atoms with Crippen LogP contribution in [0.4, 0.5) is 14.6 Å². The molecule has 0 radical (unpaired) electrons. The highest BCUT2D eigenvalue weighted by atomic mass is 19.3. The molecule has 3 rings (SSSR count). The van der Waals surface area contributed by atoms with Crippen molar-refractivity contribution < 1.29 is 18.3 Å². The molecule has 1 aliphatic heterocycles. The first-order valence-electron chi connectivity index (χ1n) is 6.11. The Bertz CT molecular complexity index is 620. The first-order valence-corrected chi connectivity index (χ1v) is 6.11. The van der Waals surface area contributed by atoms with Gasteiger partial charge in [-0.15, -0.1) is 8.78 Å². The third-order valence-electron chi connectivity index (χ3n) is 2.95. The third-order valence-corrected chi connectivity index (χ3v) is 2.95. The van der Waals surface area contributed by atoms with Crippen LogP contribution in [-0.2, 0) is 0 Å². The van der Waals surface area contributed by atoms with Crippen molar-refractivity contribution >= 4 is 5.82 Å². The normalized spacial score (nSPS) is 16.8. The minimum absolute atomic E-state index is 0.0437. The van der Waals surface area contributed by atoms with Crippen LogP contribution in [0.25, 0.3) is 0 Å². The number of hydrogen-bond acceptors (Lipinski definition) is 4. The van der Waals surface area contributed by atoms with Gasteiger partial charge in [0.1, 0.15) is 5.82 Å². The lowest BCUT2D eigenvalue weighted by atomic mass is 10.1. The van der Waals surface area contributed by atoms with Gasteiger partial charge in [-0.25, -0.2) is 4.98 Å². The van der Waals surface area contributed by atoms with E-state index in [9.17, 15) is 8.78 Å². The van der Waals surface area contributed by atoms with Crippen LogP contribution in [0.15, 0.2) is 42.6 Å². The van der Waals surface area contributed by atoms with Crippen molar-refractivity contribution in [1.29, 1.82) is 0 Å². The number of anilines is 1. The van der Waals surface area contributed by atoms with E-state index in [-0.39, 0.29) is 17.5 Å². The van der Waals surface area contributed by atoms with Gasteiger partial charge in [0.05, 0.1) is 6.04 Å². The molecule has 2 aromatic rings. The Morgan fingerprint density at radius 1 is 1.15 bits per heavy atom. The maximum atomic E-state index is 12.9. The molecule has 0 saturated carbocycles. The lowest BCUT2D eigenvalue weighted by Crippen LogP contribution is -2.25. The molecule has 0 amide bonds. The minimum Gasteiger partial charge on any atom is -0.395 e. The van der Waals surface area contributed by atoms with Crippen LogP contribution >= 0.6 is 0 Å². The van der Waals surface area contributed by atoms with Crippen LogP contribution in [-0.4, -0.2) is 11.3 Å². The number of alkyl halides is 2. The van der Waals surface area contributed by atoms with Gasteiger partial charge in [-0.05, 0) is 36.8 Å². The molecule has 6 heteroatoms. The predicted octanol–water partition coefficient (Wildman–Crippen LogP) is 3.58. The minimum atomic E-state index is -3.58. The summed E-state index contributed by atoms with van der Waals surface area (Å²) in [6.45, 7) is 1.91. The lowest BCUT2D eigenvalue weighted by Gasteiger charge is -2.15. The fraction of sp³-hybridized carbons (Fsp3) is 0.214. The van der Waals surface area contributed by atoms with E-state index in [2.05, 4.69) is 19.8 Å². The number of rotatable bonds is 3. The number of halogens is 2. The molecule has 0 saturated heterocycles. The molecule has 1 aliphatic rings. The molecule has 0 unspecified atom stereocenters. The van der Waals surface area contributed by atoms with Crippen molar-refractivity contribution in [2.75, 3.05) is 5.32 Å². The van der Waals surface area contributed by atoms with Crippen molar-refractivity contribution in [1.82, 2.24) is 4.98 Å². The van der Waals surface area contributed by atoms with Crippen LogP contribution < -0.4 is 14.8 Å². The first-order chi connectivity index (χ1) is 9.53. The fourth-order valence-electron chi connectivity index (χ4n) is 1.99. The highest BCUT2D eigenvalue weighted by molar-refractivity contribution is 5.47. The van der Waals surface area contributed by atoms with E-state index in [4.69, 9.17) is 0 Å². The van der Waals surface area contributed by atoms with Crippen LogP contribution in [0.2, 0.25) is 0 Å². The summed E-state index contributed by atoms with van der Waals surface area (Å²) < 4.78 is 34.7. The summed E-state index contributed by atoms with van der Waals surface area (Å²) in [5.74, 6) is 0.800. The largest absolute Gasteiger partial charge is 0.586 e. The van der Waals surface area contributed by atoms with Crippen LogP contribution in [0.5, 0.6) is 11.5 Å². The summed E-state index contributed by atoms with van der Waals surface area (Å²) >= 11 is 0. The lowest BCUT2D eigenvalue weighted by molar-refractivity contribution is -0.286. The molecule has 0 bridgehead atoms. The number of pyridine rings is 1. The summed E-state index contributed by atoms with van der Waals surface area (Å²) in [5.41, 5.74) is 0.802. The average Bonchev–Trinajstić information content (AvgIpc) is 2.72. The first kappa shape index (κ1) is 12.7. The summed E-state index contributed by atoms with van der Waals surface area (Å²) in [4.78, 5) is 4.15. The Labute approximate surface area is 114 Å². The number of hydrogen-bond donors (Lipinski definition) is 1. The second kappa shape index (κ2) is 4.63. The number of aromatic nitrogens is 1. The standard InChI is InChI=1S/C14H12F2N2O2/c1-9(18-13-4-2-3-7-17-13)10-5-6-11-12(8-10)20-14(15,16)19-11/h2-9H,1H3,(H,17,18)/t9-/m0/s1. The van der Waals surface area contributed by atoms with Gasteiger partial charge in [-0.1, -0.05) is 12.1 Å². The van der Waals surface area contributed by atoms with Crippen molar-refractivity contribution in [2.45, 2.75) is 19.3 Å². The molecule has 104 valence electrons. The molecule has 2 heterocycles. The van der Waals surface area contributed by atoms with E-state index in [0.717, 1.165) is 5.56 Å². The van der Waals surface area contributed by atoms with E-state index in [1.807, 2.05) is 25.1 Å². The van der Waals surface area contributed by atoms with Gasteiger partial charge < -0.3 is 14.8 Å². The molecule has 0 spiro atoms. The van der Waals surface area contributed by atoms with E-state index in [1.165, 1.54) is 12.1 Å². The van der Waals surface area contributed by atoms with E-state index >= 15 is 0 Å². The number of benzene rings is 1. The van der Waals surface area contributed by atoms with Gasteiger partial charge in [-0.3, -0.25) is 0 Å². The Morgan fingerprint density at radius 3 is 2.70 bits per heavy atom. The molecule has 4 nitrogen and oxygen atoms in total. The van der Waals surface area contributed by atoms with E-state index in [1.54, 1.807) is 12.3 Å². The quantitative estimate of drug-likeness (QED) is 0.932. The molecule has 1 N–H and O–H groups in total. The van der Waals surface area contributed by atoms with Gasteiger partial charge >= 0.3 is 6.29 Å². The number of fused-ring (bicyclic) bond motifs is 1. The van der Waals surface area contributed by atoms with Crippen molar-refractivity contribution in [2.24, 2.45) is 0 Å². The zero-order valence-corrected chi connectivity index (χ0v) is 10.6. The highest BCUT2D eigenvalue weighted by Gasteiger charge is 2.43. The monoisotopic (exact) mass is 278 g/mol. The number of ether oxygens (including phenoxy) is 2. The molecule has 1 aromatic heterocycles. The Hall–Kier alpha value is -2.37. The SMILES string of the molecule is C[C@H](Nc1ccccn1)c1ccc2c(c1)OC(F)(F)O2. The maximum absolute atomic E-state index is 12.9. The summed E-state index contributed by atoms with van der Waals surface area (Å²) in [7, 11) is 0. The molecular weight excluding hydrogens is 266 g/mol. The van der Waals surface area contributed by atoms with Crippen molar-refractivity contribution in [3.05, 3.63) is 48.2 Å². The maximum Gasteiger partial charge on any atom is 0.586 e. The molecular formula is C14H12F2N2O2. The second-order valence-electron chi connectivity index (χ2n) is 4.45. The summed E-state index contributed by atoms with van der Waals surface area (Å²) in [5, 5.41) is 3.18. The molecule has 1 atom stereocenters. The van der Waals surface area contributed by atoms with Gasteiger partial charge in [0, 0.05) is 6.20 Å². The van der Waals surface area contributed by atoms with Crippen LogP contribution in [0.1, 0.15) is 18.5 Å². The van der Waals surface area contributed by atoms with Crippen molar-refractivity contribution in [3.8, 4) is 11.5 Å². The third kappa shape index (κ3) is 2.49. The molecule has 0 aliphatic carbocycles. The Kier molecular flexibility index (Phi) is 2.93. The average molecular weight is 278 g/mol. The smallest absolute Gasteiger partial charge is 0.395 e. The number of nitrogens with one attached hydrogen (secondary N) is 1. The van der Waals surface area contributed by atoms with Gasteiger partial charge in [0.2, 0.25) is 0 Å². The predicted molar refractivity (Wildman–Crippen MR) is 68.9 cm³/mol. The topological polar surface area (TPSA) is 43.4 Å². The Balaban J connectivity index is 1.79. The zero-order chi connectivity index (χ0) is 14.2. The van der Waals surface area contributed by atoms with E-state index in [0.29, 0.717) is 5.82 Å². The summed E-state index contributed by atoms with van der Waals surface area (Å²) in [6.07, 6.45) is -1.91. The highest BCUT2D eigenvalue weighted by Crippen LogP contribution is 2.42. The zero-order valence-electron chi connectivity index (χ0n) is 10.6. The Morgan fingerprint density at radius 2 is 1.95 bits per heavy atom. The summed E-state index contributed by atoms with van der Waals surface area (Å²) in [6, 6.07) is 10.1. The van der Waals surface area contributed by atoms with Gasteiger partial charge in [0.25, 0.3) is 0 Å². The second-order valence-corrected chi connectivity index (χ2v) is 4.45. The van der Waals surface area contributed by atoms with Crippen LogP contribution in [0, 0.1) is 0 Å². The fourth-order valence-corrected chi connectivity index (χ4v) is 1.99. The van der Waals surface area contributed by atoms with Gasteiger partial charge in [0.15, 0.2) is 11.5 Å². The van der Waals surface area contributed by atoms with Crippen molar-refractivity contribution in [3.63, 3.8) is 0 Å². The van der Waals surface area contributed by atoms with Gasteiger partial charge in [-0.2, -0.15) is 0 Å². The number of nitrogens with zero attached hydrogens (tertiary/aromatic N) is 1. The molecule has 0 fully saturated rings. The van der Waals surface area contributed by atoms with Crippen LogP contribution in [0.3, 0.4) is 0 Å². The molecule has 20 heavy (non-hydrogen) atoms. The molecule has 1 aromatic carbocycles.